The molecule has 18 heavy (non-hydrogen) atoms. The molecule has 1 aromatic rings. The Morgan fingerprint density at radius 3 is 2.83 bits per heavy atom. The van der Waals surface area contributed by atoms with Gasteiger partial charge in [-0.1, -0.05) is 19.9 Å². The zero-order chi connectivity index (χ0) is 13.4. The molecule has 0 fully saturated rings. The molecule has 0 aliphatic heterocycles. The van der Waals surface area contributed by atoms with Crippen LogP contribution in [0.4, 0.5) is 4.39 Å². The predicted molar refractivity (Wildman–Crippen MR) is 69.0 cm³/mol. The van der Waals surface area contributed by atoms with Crippen LogP contribution in [0, 0.1) is 11.7 Å². The van der Waals surface area contributed by atoms with Gasteiger partial charge in [0.2, 0.25) is 0 Å². The number of hydrogen-bond acceptors (Lipinski definition) is 3. The van der Waals surface area contributed by atoms with Gasteiger partial charge in [0, 0.05) is 6.54 Å². The van der Waals surface area contributed by atoms with Gasteiger partial charge < -0.3 is 10.1 Å². The van der Waals surface area contributed by atoms with E-state index in [0.29, 0.717) is 19.1 Å². The first-order valence-corrected chi connectivity index (χ1v) is 6.23. The molecule has 0 radical (unpaired) electrons. The Labute approximate surface area is 107 Å². The molecule has 0 saturated heterocycles. The van der Waals surface area contributed by atoms with Gasteiger partial charge in [0.15, 0.2) is 0 Å². The van der Waals surface area contributed by atoms with Crippen LogP contribution in [0.5, 0.6) is 0 Å². The summed E-state index contributed by atoms with van der Waals surface area (Å²) in [6.45, 7) is 6.15. The molecule has 3 nitrogen and oxygen atoms in total. The van der Waals surface area contributed by atoms with E-state index < -0.39 is 11.8 Å². The van der Waals surface area contributed by atoms with Crippen LogP contribution in [0.15, 0.2) is 24.3 Å². The molecule has 1 rings (SSSR count). The van der Waals surface area contributed by atoms with Gasteiger partial charge in [0.25, 0.3) is 0 Å². The lowest BCUT2D eigenvalue weighted by Crippen LogP contribution is -2.23. The normalized spacial score (nSPS) is 10.7. The van der Waals surface area contributed by atoms with Crippen LogP contribution in [0.1, 0.15) is 30.6 Å². The van der Waals surface area contributed by atoms with Crippen LogP contribution in [0.25, 0.3) is 0 Å². The molecule has 100 valence electrons. The van der Waals surface area contributed by atoms with Gasteiger partial charge in [-0.05, 0) is 37.1 Å². The maximum Gasteiger partial charge on any atom is 0.338 e. The fourth-order valence-corrected chi connectivity index (χ4v) is 1.43. The van der Waals surface area contributed by atoms with Crippen LogP contribution in [0.3, 0.4) is 0 Å². The molecule has 0 aliphatic carbocycles. The van der Waals surface area contributed by atoms with E-state index in [2.05, 4.69) is 19.2 Å². The summed E-state index contributed by atoms with van der Waals surface area (Å²) in [4.78, 5) is 11.5. The monoisotopic (exact) mass is 253 g/mol. The van der Waals surface area contributed by atoms with Gasteiger partial charge >= 0.3 is 5.97 Å². The van der Waals surface area contributed by atoms with Gasteiger partial charge in [0.05, 0.1) is 5.56 Å². The van der Waals surface area contributed by atoms with Crippen molar-refractivity contribution >= 4 is 5.97 Å². The van der Waals surface area contributed by atoms with Crippen molar-refractivity contribution in [2.75, 3.05) is 19.7 Å². The number of hydrogen-bond donors (Lipinski definition) is 1. The summed E-state index contributed by atoms with van der Waals surface area (Å²) in [6, 6.07) is 5.50. The lowest BCUT2D eigenvalue weighted by atomic mass is 10.1. The van der Waals surface area contributed by atoms with Crippen LogP contribution in [-0.2, 0) is 4.74 Å². The molecule has 0 amide bonds. The quantitative estimate of drug-likeness (QED) is 0.599. The standard InChI is InChI=1S/C14H20FNO2/c1-11(2)6-7-16-8-9-18-14(17)12-4-3-5-13(15)10-12/h3-5,10-11,16H,6-9H2,1-2H3. The van der Waals surface area contributed by atoms with Crippen LogP contribution >= 0.6 is 0 Å². The second kappa shape index (κ2) is 7.82. The Morgan fingerprint density at radius 2 is 2.17 bits per heavy atom. The molecule has 0 saturated carbocycles. The molecule has 0 aromatic heterocycles. The van der Waals surface area contributed by atoms with E-state index in [0.717, 1.165) is 13.0 Å². The lowest BCUT2D eigenvalue weighted by Gasteiger charge is -2.08. The number of benzene rings is 1. The highest BCUT2D eigenvalue weighted by molar-refractivity contribution is 5.89. The average Bonchev–Trinajstić information content (AvgIpc) is 2.33. The summed E-state index contributed by atoms with van der Waals surface area (Å²) in [6.07, 6.45) is 1.10. The van der Waals surface area contributed by atoms with Gasteiger partial charge in [0.1, 0.15) is 12.4 Å². The van der Waals surface area contributed by atoms with E-state index in [1.54, 1.807) is 0 Å². The van der Waals surface area contributed by atoms with Crippen molar-refractivity contribution in [1.82, 2.24) is 5.32 Å². The number of nitrogens with one attached hydrogen (secondary N) is 1. The van der Waals surface area contributed by atoms with E-state index >= 15 is 0 Å². The van der Waals surface area contributed by atoms with Gasteiger partial charge in [-0.3, -0.25) is 0 Å². The number of halogens is 1. The highest BCUT2D eigenvalue weighted by atomic mass is 19.1. The summed E-state index contributed by atoms with van der Waals surface area (Å²) < 4.78 is 17.9. The number of carbonyl (C=O) groups is 1. The molecular weight excluding hydrogens is 233 g/mol. The number of ether oxygens (including phenoxy) is 1. The first kappa shape index (κ1) is 14.6. The minimum Gasteiger partial charge on any atom is -0.461 e. The summed E-state index contributed by atoms with van der Waals surface area (Å²) >= 11 is 0. The third-order valence-corrected chi connectivity index (χ3v) is 2.47. The number of carbonyl (C=O) groups excluding carboxylic acids is 1. The Balaban J connectivity index is 2.18. The molecule has 0 bridgehead atoms. The van der Waals surface area contributed by atoms with E-state index in [9.17, 15) is 9.18 Å². The van der Waals surface area contributed by atoms with E-state index in [1.165, 1.54) is 24.3 Å². The van der Waals surface area contributed by atoms with Gasteiger partial charge in [-0.2, -0.15) is 0 Å². The molecular formula is C14H20FNO2. The minimum atomic E-state index is -0.486. The van der Waals surface area contributed by atoms with Crippen molar-refractivity contribution in [2.24, 2.45) is 5.92 Å². The topological polar surface area (TPSA) is 38.3 Å². The Morgan fingerprint density at radius 1 is 1.39 bits per heavy atom. The highest BCUT2D eigenvalue weighted by Gasteiger charge is 2.07. The van der Waals surface area contributed by atoms with Crippen molar-refractivity contribution < 1.29 is 13.9 Å². The zero-order valence-corrected chi connectivity index (χ0v) is 10.9. The highest BCUT2D eigenvalue weighted by Crippen LogP contribution is 2.04. The van der Waals surface area contributed by atoms with Crippen molar-refractivity contribution in [1.29, 1.82) is 0 Å². The molecule has 0 spiro atoms. The zero-order valence-electron chi connectivity index (χ0n) is 10.9. The maximum absolute atomic E-state index is 12.9. The molecule has 0 heterocycles. The number of esters is 1. The lowest BCUT2D eigenvalue weighted by molar-refractivity contribution is 0.0508. The second-order valence-electron chi connectivity index (χ2n) is 4.58. The predicted octanol–water partition coefficient (Wildman–Crippen LogP) is 2.62. The van der Waals surface area contributed by atoms with E-state index in [-0.39, 0.29) is 5.56 Å². The summed E-state index contributed by atoms with van der Waals surface area (Å²) in [5.74, 6) is -0.257. The molecule has 0 unspecified atom stereocenters. The van der Waals surface area contributed by atoms with E-state index in [1.807, 2.05) is 0 Å². The summed E-state index contributed by atoms with van der Waals surface area (Å²) in [5.41, 5.74) is 0.247. The smallest absolute Gasteiger partial charge is 0.338 e. The summed E-state index contributed by atoms with van der Waals surface area (Å²) in [7, 11) is 0. The maximum atomic E-state index is 12.9. The van der Waals surface area contributed by atoms with Crippen molar-refractivity contribution in [3.63, 3.8) is 0 Å². The Kier molecular flexibility index (Phi) is 6.36. The number of rotatable bonds is 7. The molecule has 1 aromatic carbocycles. The van der Waals surface area contributed by atoms with Crippen LogP contribution in [-0.4, -0.2) is 25.7 Å². The van der Waals surface area contributed by atoms with Crippen molar-refractivity contribution in [2.45, 2.75) is 20.3 Å². The van der Waals surface area contributed by atoms with Crippen molar-refractivity contribution in [3.05, 3.63) is 35.6 Å². The van der Waals surface area contributed by atoms with Crippen molar-refractivity contribution in [3.8, 4) is 0 Å². The third kappa shape index (κ3) is 5.77. The fourth-order valence-electron chi connectivity index (χ4n) is 1.43. The van der Waals surface area contributed by atoms with Crippen LogP contribution in [0.2, 0.25) is 0 Å². The molecule has 1 N–H and O–H groups in total. The van der Waals surface area contributed by atoms with Crippen LogP contribution < -0.4 is 5.32 Å². The van der Waals surface area contributed by atoms with E-state index in [4.69, 9.17) is 4.74 Å². The average molecular weight is 253 g/mol. The largest absolute Gasteiger partial charge is 0.461 e. The second-order valence-corrected chi connectivity index (χ2v) is 4.58. The first-order valence-electron chi connectivity index (χ1n) is 6.23. The Hall–Kier alpha value is -1.42. The Bertz CT molecular complexity index is 380. The van der Waals surface area contributed by atoms with Gasteiger partial charge in [-0.25, -0.2) is 9.18 Å². The minimum absolute atomic E-state index is 0.247. The first-order chi connectivity index (χ1) is 8.59. The SMILES string of the molecule is CC(C)CCNCCOC(=O)c1cccc(F)c1. The summed E-state index contributed by atoms with van der Waals surface area (Å²) in [5, 5.41) is 3.18. The molecule has 0 aliphatic rings. The molecule has 4 heteroatoms. The molecule has 0 atom stereocenters. The fraction of sp³-hybridized carbons (Fsp3) is 0.500. The third-order valence-electron chi connectivity index (χ3n) is 2.47. The van der Waals surface area contributed by atoms with Gasteiger partial charge in [-0.15, -0.1) is 0 Å².